The largest absolute Gasteiger partial charge is 0.363 e. The van der Waals surface area contributed by atoms with Crippen molar-refractivity contribution in [3.63, 3.8) is 0 Å². The van der Waals surface area contributed by atoms with Crippen LogP contribution in [0.2, 0.25) is 5.02 Å². The first kappa shape index (κ1) is 20.6. The van der Waals surface area contributed by atoms with Gasteiger partial charge in [-0.25, -0.2) is 9.37 Å². The highest BCUT2D eigenvalue weighted by Gasteiger charge is 2.14. The highest BCUT2D eigenvalue weighted by molar-refractivity contribution is 6.31. The molecular weight excluding hydrogens is 413 g/mol. The lowest BCUT2D eigenvalue weighted by Gasteiger charge is -2.19. The van der Waals surface area contributed by atoms with Crippen LogP contribution < -0.4 is 10.6 Å². The second-order valence-corrected chi connectivity index (χ2v) is 7.42. The molecule has 0 aliphatic rings. The van der Waals surface area contributed by atoms with E-state index in [2.05, 4.69) is 45.7 Å². The SMILES string of the molecule is CC[C@H](Nc1cc2c(Nc3ccc(F)c(Cl)c3)c(C#N)cnc2cn1)c1ccccc1. The molecule has 0 bridgehead atoms. The molecule has 2 N–H and O–H groups in total. The van der Waals surface area contributed by atoms with Crippen LogP contribution in [0.25, 0.3) is 10.9 Å². The molecule has 7 heteroatoms. The molecule has 4 rings (SSSR count). The zero-order valence-electron chi connectivity index (χ0n) is 16.7. The first-order valence-corrected chi connectivity index (χ1v) is 10.2. The van der Waals surface area contributed by atoms with Crippen molar-refractivity contribution in [2.75, 3.05) is 10.6 Å². The van der Waals surface area contributed by atoms with Gasteiger partial charge in [-0.15, -0.1) is 0 Å². The summed E-state index contributed by atoms with van der Waals surface area (Å²) >= 11 is 5.92. The van der Waals surface area contributed by atoms with E-state index in [-0.39, 0.29) is 11.1 Å². The summed E-state index contributed by atoms with van der Waals surface area (Å²) in [6, 6.07) is 18.6. The van der Waals surface area contributed by atoms with E-state index in [1.165, 1.54) is 18.3 Å². The number of nitriles is 1. The third-order valence-electron chi connectivity index (χ3n) is 5.00. The molecule has 1 atom stereocenters. The summed E-state index contributed by atoms with van der Waals surface area (Å²) in [7, 11) is 0. The maximum absolute atomic E-state index is 13.5. The number of hydrogen-bond donors (Lipinski definition) is 2. The van der Waals surface area contributed by atoms with Crippen LogP contribution in [0, 0.1) is 17.1 Å². The number of anilines is 3. The Hall–Kier alpha value is -3.69. The van der Waals surface area contributed by atoms with Crippen LogP contribution in [-0.4, -0.2) is 9.97 Å². The van der Waals surface area contributed by atoms with E-state index in [0.29, 0.717) is 28.3 Å². The van der Waals surface area contributed by atoms with E-state index in [9.17, 15) is 9.65 Å². The van der Waals surface area contributed by atoms with E-state index in [1.807, 2.05) is 24.3 Å². The third kappa shape index (κ3) is 4.42. The first-order valence-electron chi connectivity index (χ1n) is 9.81. The van der Waals surface area contributed by atoms with Crippen LogP contribution in [0.15, 0.2) is 67.0 Å². The van der Waals surface area contributed by atoms with Gasteiger partial charge in [0, 0.05) is 17.3 Å². The van der Waals surface area contributed by atoms with Gasteiger partial charge in [-0.05, 0) is 36.2 Å². The second kappa shape index (κ2) is 8.99. The van der Waals surface area contributed by atoms with Gasteiger partial charge in [-0.1, -0.05) is 48.9 Å². The standard InChI is InChI=1S/C24H19ClFN5/c1-2-21(15-6-4-3-5-7-15)31-23-11-18-22(14-29-23)28-13-16(12-27)24(18)30-17-8-9-20(26)19(25)10-17/h3-11,13-14,21H,2H2,1H3,(H,28,30)(H,29,31)/t21-/m0/s1. The quantitative estimate of drug-likeness (QED) is 0.359. The van der Waals surface area contributed by atoms with Gasteiger partial charge in [0.05, 0.1) is 34.0 Å². The van der Waals surface area contributed by atoms with Crippen molar-refractivity contribution < 1.29 is 4.39 Å². The summed E-state index contributed by atoms with van der Waals surface area (Å²) in [6.07, 6.45) is 4.03. The summed E-state index contributed by atoms with van der Waals surface area (Å²) in [5.41, 5.74) is 3.29. The third-order valence-corrected chi connectivity index (χ3v) is 5.29. The predicted octanol–water partition coefficient (Wildman–Crippen LogP) is 6.60. The van der Waals surface area contributed by atoms with Crippen LogP contribution >= 0.6 is 11.6 Å². The topological polar surface area (TPSA) is 73.6 Å². The lowest BCUT2D eigenvalue weighted by atomic mass is 10.0. The molecule has 0 aliphatic heterocycles. The number of hydrogen-bond acceptors (Lipinski definition) is 5. The maximum atomic E-state index is 13.5. The van der Waals surface area contributed by atoms with Crippen LogP contribution in [0.4, 0.5) is 21.6 Å². The molecule has 0 saturated carbocycles. The fourth-order valence-corrected chi connectivity index (χ4v) is 3.58. The Kier molecular flexibility index (Phi) is 5.96. The summed E-state index contributed by atoms with van der Waals surface area (Å²) < 4.78 is 13.5. The molecule has 31 heavy (non-hydrogen) atoms. The molecular formula is C24H19ClFN5. The second-order valence-electron chi connectivity index (χ2n) is 7.02. The smallest absolute Gasteiger partial charge is 0.141 e. The number of nitrogens with zero attached hydrogens (tertiary/aromatic N) is 3. The molecule has 0 radical (unpaired) electrons. The number of halogens is 2. The number of aromatic nitrogens is 2. The van der Waals surface area contributed by atoms with Gasteiger partial charge < -0.3 is 10.6 Å². The number of nitrogens with one attached hydrogen (secondary N) is 2. The maximum Gasteiger partial charge on any atom is 0.141 e. The molecule has 0 amide bonds. The Balaban J connectivity index is 1.74. The van der Waals surface area contributed by atoms with Crippen molar-refractivity contribution in [2.24, 2.45) is 0 Å². The zero-order valence-corrected chi connectivity index (χ0v) is 17.5. The van der Waals surface area contributed by atoms with E-state index < -0.39 is 5.82 Å². The average molecular weight is 432 g/mol. The predicted molar refractivity (Wildman–Crippen MR) is 122 cm³/mol. The van der Waals surface area contributed by atoms with Crippen molar-refractivity contribution in [1.82, 2.24) is 9.97 Å². The fraction of sp³-hybridized carbons (Fsp3) is 0.125. The lowest BCUT2D eigenvalue weighted by Crippen LogP contribution is -2.10. The highest BCUT2D eigenvalue weighted by Crippen LogP contribution is 2.32. The summed E-state index contributed by atoms with van der Waals surface area (Å²) in [4.78, 5) is 8.84. The van der Waals surface area contributed by atoms with Gasteiger partial charge in [-0.2, -0.15) is 5.26 Å². The monoisotopic (exact) mass is 431 g/mol. The van der Waals surface area contributed by atoms with Crippen LogP contribution in [0.3, 0.4) is 0 Å². The average Bonchev–Trinajstić information content (AvgIpc) is 2.80. The Morgan fingerprint density at radius 1 is 1.10 bits per heavy atom. The normalized spacial score (nSPS) is 11.7. The van der Waals surface area contributed by atoms with E-state index in [1.54, 1.807) is 12.3 Å². The summed E-state index contributed by atoms with van der Waals surface area (Å²) in [5, 5.41) is 17.0. The Morgan fingerprint density at radius 2 is 1.90 bits per heavy atom. The number of fused-ring (bicyclic) bond motifs is 1. The molecule has 0 saturated heterocycles. The number of pyridine rings is 2. The van der Waals surface area contributed by atoms with Gasteiger partial charge in [0.1, 0.15) is 17.7 Å². The van der Waals surface area contributed by atoms with Gasteiger partial charge >= 0.3 is 0 Å². The molecule has 0 aliphatic carbocycles. The first-order chi connectivity index (χ1) is 15.1. The van der Waals surface area contributed by atoms with Crippen molar-refractivity contribution in [3.05, 3.63) is 89.0 Å². The molecule has 2 heterocycles. The van der Waals surface area contributed by atoms with Gasteiger partial charge in [0.2, 0.25) is 0 Å². The van der Waals surface area contributed by atoms with E-state index in [4.69, 9.17) is 11.6 Å². The van der Waals surface area contributed by atoms with Crippen molar-refractivity contribution in [2.45, 2.75) is 19.4 Å². The number of rotatable bonds is 6. The van der Waals surface area contributed by atoms with Crippen LogP contribution in [0.1, 0.15) is 30.5 Å². The van der Waals surface area contributed by atoms with E-state index >= 15 is 0 Å². The van der Waals surface area contributed by atoms with Crippen molar-refractivity contribution in [1.29, 1.82) is 5.26 Å². The Labute approximate surface area is 184 Å². The summed E-state index contributed by atoms with van der Waals surface area (Å²) in [6.45, 7) is 2.10. The van der Waals surface area contributed by atoms with Crippen molar-refractivity contribution in [3.8, 4) is 6.07 Å². The van der Waals surface area contributed by atoms with Gasteiger partial charge in [0.15, 0.2) is 0 Å². The minimum absolute atomic E-state index is 0.000426. The van der Waals surface area contributed by atoms with Crippen molar-refractivity contribution >= 4 is 39.7 Å². The molecule has 0 unspecified atom stereocenters. The molecule has 5 nitrogen and oxygen atoms in total. The van der Waals surface area contributed by atoms with Crippen LogP contribution in [-0.2, 0) is 0 Å². The highest BCUT2D eigenvalue weighted by atomic mass is 35.5. The van der Waals surface area contributed by atoms with Gasteiger partial charge in [0.25, 0.3) is 0 Å². The minimum atomic E-state index is -0.505. The van der Waals surface area contributed by atoms with E-state index in [0.717, 1.165) is 17.4 Å². The molecule has 0 fully saturated rings. The van der Waals surface area contributed by atoms with Crippen LogP contribution in [0.5, 0.6) is 0 Å². The number of benzene rings is 2. The van der Waals surface area contributed by atoms with Gasteiger partial charge in [-0.3, -0.25) is 4.98 Å². The molecule has 4 aromatic rings. The molecule has 154 valence electrons. The molecule has 0 spiro atoms. The summed E-state index contributed by atoms with van der Waals surface area (Å²) in [5.74, 6) is 0.162. The Bertz CT molecular complexity index is 1270. The minimum Gasteiger partial charge on any atom is -0.363 e. The fourth-order valence-electron chi connectivity index (χ4n) is 3.40. The lowest BCUT2D eigenvalue weighted by molar-refractivity contribution is 0.628. The molecule has 2 aromatic heterocycles. The molecule has 2 aromatic carbocycles. The Morgan fingerprint density at radius 3 is 2.61 bits per heavy atom. The zero-order chi connectivity index (χ0) is 21.8.